The molecule has 0 radical (unpaired) electrons. The fraction of sp³-hybridized carbons (Fsp3) is 0.800. The number of hydrogen-bond acceptors (Lipinski definition) is 4. The van der Waals surface area contributed by atoms with Crippen molar-refractivity contribution in [1.29, 1.82) is 0 Å². The number of carbonyl (C=O) groups is 2. The molecule has 0 fully saturated rings. The number of nitrogens with one attached hydrogen (secondary N) is 1. The monoisotopic (exact) mass is 319 g/mol. The number of ether oxygens (including phenoxy) is 1. The molecule has 0 aliphatic heterocycles. The van der Waals surface area contributed by atoms with Crippen molar-refractivity contribution in [2.75, 3.05) is 12.5 Å². The van der Waals surface area contributed by atoms with Crippen molar-refractivity contribution in [2.45, 2.75) is 59.1 Å². The number of rotatable bonds is 6. The molecule has 0 aromatic carbocycles. The van der Waals surface area contributed by atoms with Crippen LogP contribution in [0.15, 0.2) is 0 Å². The van der Waals surface area contributed by atoms with Crippen LogP contribution in [0.25, 0.3) is 0 Å². The van der Waals surface area contributed by atoms with E-state index in [2.05, 4.69) is 5.32 Å². The number of alkyl carbamates (subject to hydrolysis) is 1. The van der Waals surface area contributed by atoms with E-state index in [0.717, 1.165) is 0 Å². The van der Waals surface area contributed by atoms with Gasteiger partial charge < -0.3 is 10.1 Å². The van der Waals surface area contributed by atoms with Gasteiger partial charge in [0, 0.05) is 30.3 Å². The SMILES string of the molecule is CC(C)[C@@H](CCC(=O)C=S(C)(C)=O)NC(=O)OC(C)(C)C. The van der Waals surface area contributed by atoms with Crippen molar-refractivity contribution < 1.29 is 18.5 Å². The van der Waals surface area contributed by atoms with Gasteiger partial charge in [0.25, 0.3) is 0 Å². The minimum atomic E-state index is -2.18. The molecular formula is C15H29NO4S. The Bertz CT molecular complexity index is 474. The van der Waals surface area contributed by atoms with Gasteiger partial charge >= 0.3 is 6.09 Å². The normalized spacial score (nSPS) is 13.7. The number of Topliss-reactive ketones (excluding diaryl/α,β-unsaturated/α-hetero) is 1. The van der Waals surface area contributed by atoms with E-state index in [9.17, 15) is 13.8 Å². The molecule has 5 nitrogen and oxygen atoms in total. The maximum Gasteiger partial charge on any atom is 0.407 e. The summed E-state index contributed by atoms with van der Waals surface area (Å²) >= 11 is 0. The molecule has 0 saturated heterocycles. The molecule has 1 N–H and O–H groups in total. The van der Waals surface area contributed by atoms with Crippen LogP contribution in [0, 0.1) is 5.92 Å². The molecule has 0 spiro atoms. The fourth-order valence-corrected chi connectivity index (χ4v) is 2.46. The Morgan fingerprint density at radius 2 is 1.76 bits per heavy atom. The largest absolute Gasteiger partial charge is 0.444 e. The predicted octanol–water partition coefficient (Wildman–Crippen LogP) is 2.23. The number of carbonyl (C=O) groups excluding carboxylic acids is 2. The summed E-state index contributed by atoms with van der Waals surface area (Å²) in [5.74, 6) is 0.0274. The molecule has 0 saturated carbocycles. The van der Waals surface area contributed by atoms with Crippen molar-refractivity contribution in [3.63, 3.8) is 0 Å². The molecule has 0 rings (SSSR count). The van der Waals surface area contributed by atoms with E-state index in [4.69, 9.17) is 4.74 Å². The third-order valence-electron chi connectivity index (χ3n) is 2.62. The Morgan fingerprint density at radius 1 is 1.24 bits per heavy atom. The van der Waals surface area contributed by atoms with E-state index in [1.165, 1.54) is 17.9 Å². The highest BCUT2D eigenvalue weighted by Crippen LogP contribution is 2.12. The third kappa shape index (κ3) is 11.3. The Hall–Kier alpha value is -1.04. The maximum absolute atomic E-state index is 11.8. The van der Waals surface area contributed by atoms with Crippen LogP contribution in [0.1, 0.15) is 47.5 Å². The number of amides is 1. The van der Waals surface area contributed by atoms with Gasteiger partial charge in [-0.3, -0.25) is 9.00 Å². The summed E-state index contributed by atoms with van der Waals surface area (Å²) < 4.78 is 16.8. The summed E-state index contributed by atoms with van der Waals surface area (Å²) in [4.78, 5) is 23.5. The van der Waals surface area contributed by atoms with Crippen LogP contribution >= 0.6 is 0 Å². The lowest BCUT2D eigenvalue weighted by Crippen LogP contribution is -2.42. The first-order valence-corrected chi connectivity index (χ1v) is 9.55. The Morgan fingerprint density at radius 3 is 2.14 bits per heavy atom. The van der Waals surface area contributed by atoms with E-state index in [1.54, 1.807) is 20.8 Å². The average molecular weight is 319 g/mol. The van der Waals surface area contributed by atoms with Gasteiger partial charge in [-0.2, -0.15) is 0 Å². The summed E-state index contributed by atoms with van der Waals surface area (Å²) in [6.07, 6.45) is 3.35. The van der Waals surface area contributed by atoms with Crippen LogP contribution in [-0.2, 0) is 19.1 Å². The van der Waals surface area contributed by atoms with Gasteiger partial charge in [0.05, 0.1) is 0 Å². The van der Waals surface area contributed by atoms with Crippen molar-refractivity contribution >= 4 is 26.8 Å². The Labute approximate surface area is 128 Å². The van der Waals surface area contributed by atoms with Crippen LogP contribution in [0.3, 0.4) is 0 Å². The number of ketones is 1. The summed E-state index contributed by atoms with van der Waals surface area (Å²) in [5.41, 5.74) is -0.550. The predicted molar refractivity (Wildman–Crippen MR) is 88.3 cm³/mol. The minimum absolute atomic E-state index is 0.151. The summed E-state index contributed by atoms with van der Waals surface area (Å²) in [7, 11) is -2.18. The third-order valence-corrected chi connectivity index (χ3v) is 3.45. The first-order chi connectivity index (χ1) is 9.30. The van der Waals surface area contributed by atoms with E-state index < -0.39 is 21.2 Å². The van der Waals surface area contributed by atoms with Crippen LogP contribution in [0.2, 0.25) is 0 Å². The van der Waals surface area contributed by atoms with Gasteiger partial charge in [-0.15, -0.1) is 0 Å². The minimum Gasteiger partial charge on any atom is -0.444 e. The lowest BCUT2D eigenvalue weighted by Gasteiger charge is -2.25. The Kier molecular flexibility index (Phi) is 7.44. The average Bonchev–Trinajstić information content (AvgIpc) is 2.18. The van der Waals surface area contributed by atoms with Crippen LogP contribution in [-0.4, -0.2) is 45.6 Å². The lowest BCUT2D eigenvalue weighted by molar-refractivity contribution is -0.112. The van der Waals surface area contributed by atoms with Gasteiger partial charge in [-0.05, 0) is 42.6 Å². The highest BCUT2D eigenvalue weighted by Gasteiger charge is 2.21. The van der Waals surface area contributed by atoms with Crippen molar-refractivity contribution in [2.24, 2.45) is 5.92 Å². The molecule has 0 aliphatic carbocycles. The summed E-state index contributed by atoms with van der Waals surface area (Å²) in [5, 5.41) is 4.07. The van der Waals surface area contributed by atoms with Gasteiger partial charge in [0.1, 0.15) is 5.60 Å². The summed E-state index contributed by atoms with van der Waals surface area (Å²) in [6, 6.07) is -0.151. The summed E-state index contributed by atoms with van der Waals surface area (Å²) in [6.45, 7) is 9.34. The van der Waals surface area contributed by atoms with Gasteiger partial charge in [-0.25, -0.2) is 4.79 Å². The van der Waals surface area contributed by atoms with Crippen LogP contribution in [0.4, 0.5) is 4.79 Å². The van der Waals surface area contributed by atoms with Crippen LogP contribution in [0.5, 0.6) is 0 Å². The molecule has 0 aromatic heterocycles. The van der Waals surface area contributed by atoms with Gasteiger partial charge in [0.15, 0.2) is 5.78 Å². The maximum atomic E-state index is 11.8. The van der Waals surface area contributed by atoms with Crippen molar-refractivity contribution in [3.05, 3.63) is 0 Å². The van der Waals surface area contributed by atoms with Gasteiger partial charge in [-0.1, -0.05) is 13.8 Å². The second kappa shape index (κ2) is 7.82. The first-order valence-electron chi connectivity index (χ1n) is 7.11. The molecule has 0 aromatic rings. The van der Waals surface area contributed by atoms with Gasteiger partial charge in [0.2, 0.25) is 0 Å². The molecule has 21 heavy (non-hydrogen) atoms. The molecule has 124 valence electrons. The Balaban J connectivity index is 4.56. The smallest absolute Gasteiger partial charge is 0.407 e. The standard InChI is InChI=1S/C15H29NO4S/c1-11(2)13(16-14(18)20-15(3,4)5)9-8-12(17)10-21(6,7)19/h10-11,13H,8-9H2,1-7H3,(H,16,18)/t13-/m1/s1. The van der Waals surface area contributed by atoms with Crippen molar-refractivity contribution in [3.8, 4) is 0 Å². The first kappa shape index (κ1) is 20.0. The molecule has 0 bridgehead atoms. The van der Waals surface area contributed by atoms with Crippen molar-refractivity contribution in [1.82, 2.24) is 5.32 Å². The molecule has 0 unspecified atom stereocenters. The van der Waals surface area contributed by atoms with Crippen LogP contribution < -0.4 is 5.32 Å². The lowest BCUT2D eigenvalue weighted by atomic mass is 9.98. The van der Waals surface area contributed by atoms with E-state index >= 15 is 0 Å². The topological polar surface area (TPSA) is 72.5 Å². The zero-order valence-electron chi connectivity index (χ0n) is 14.2. The fourth-order valence-electron chi connectivity index (χ4n) is 1.70. The highest BCUT2D eigenvalue weighted by atomic mass is 32.2. The molecule has 1 amide bonds. The molecule has 0 aliphatic rings. The second-order valence-corrected chi connectivity index (χ2v) is 9.78. The zero-order valence-corrected chi connectivity index (χ0v) is 15.0. The molecule has 6 heteroatoms. The number of hydrogen-bond donors (Lipinski definition) is 1. The second-order valence-electron chi connectivity index (χ2n) is 6.93. The van der Waals surface area contributed by atoms with E-state index in [-0.39, 0.29) is 24.2 Å². The van der Waals surface area contributed by atoms with E-state index in [1.807, 2.05) is 13.8 Å². The highest BCUT2D eigenvalue weighted by molar-refractivity contribution is 8.01. The molecule has 1 atom stereocenters. The van der Waals surface area contributed by atoms with E-state index in [0.29, 0.717) is 6.42 Å². The molecular weight excluding hydrogens is 290 g/mol. The zero-order chi connectivity index (χ0) is 16.8. The molecule has 0 heterocycles. The quantitative estimate of drug-likeness (QED) is 0.762.